The number of nitrogens with zero attached hydrogens (tertiary/aromatic N) is 2. The zero-order chi connectivity index (χ0) is 28.7. The molecule has 0 spiro atoms. The highest BCUT2D eigenvalue weighted by molar-refractivity contribution is 7.92. The van der Waals surface area contributed by atoms with E-state index in [2.05, 4.69) is 5.32 Å². The summed E-state index contributed by atoms with van der Waals surface area (Å²) in [5.41, 5.74) is 0.763. The standard InChI is InChI=1S/C28H30Cl3N3O4S/c1-19(2)16-32-28(36)20(3)33(17-21-12-14-22(29)15-13-21)26(35)18-34(25-11-7-10-24(30)27(25)31)39(37,38)23-8-5-4-6-9-23/h4-15,19-20H,16-18H2,1-3H3,(H,32,36). The first kappa shape index (κ1) is 30.8. The van der Waals surface area contributed by atoms with Gasteiger partial charge < -0.3 is 10.2 Å². The van der Waals surface area contributed by atoms with Crippen molar-refractivity contribution in [1.82, 2.24) is 10.2 Å². The van der Waals surface area contributed by atoms with Gasteiger partial charge in [-0.2, -0.15) is 0 Å². The minimum atomic E-state index is -4.24. The van der Waals surface area contributed by atoms with Crippen LogP contribution in [0.25, 0.3) is 0 Å². The molecule has 0 fully saturated rings. The Morgan fingerprint density at radius 2 is 1.51 bits per heavy atom. The summed E-state index contributed by atoms with van der Waals surface area (Å²) >= 11 is 18.7. The smallest absolute Gasteiger partial charge is 0.264 e. The number of sulfonamides is 1. The average molecular weight is 611 g/mol. The third-order valence-electron chi connectivity index (χ3n) is 5.93. The number of benzene rings is 3. The van der Waals surface area contributed by atoms with E-state index in [1.54, 1.807) is 55.5 Å². The lowest BCUT2D eigenvalue weighted by Crippen LogP contribution is -2.51. The molecule has 11 heteroatoms. The molecular formula is C28H30Cl3N3O4S. The molecule has 1 atom stereocenters. The summed E-state index contributed by atoms with van der Waals surface area (Å²) in [6, 6.07) is 18.2. The second-order valence-corrected chi connectivity index (χ2v) is 12.4. The fourth-order valence-electron chi connectivity index (χ4n) is 3.74. The van der Waals surface area contributed by atoms with Crippen molar-refractivity contribution < 1.29 is 18.0 Å². The largest absolute Gasteiger partial charge is 0.354 e. The van der Waals surface area contributed by atoms with Crippen molar-refractivity contribution in [2.24, 2.45) is 5.92 Å². The van der Waals surface area contributed by atoms with Gasteiger partial charge in [-0.1, -0.05) is 85.0 Å². The third-order valence-corrected chi connectivity index (χ3v) is 8.76. The second-order valence-electron chi connectivity index (χ2n) is 9.36. The van der Waals surface area contributed by atoms with Crippen molar-refractivity contribution in [3.63, 3.8) is 0 Å². The zero-order valence-corrected chi connectivity index (χ0v) is 24.9. The minimum absolute atomic E-state index is 0.0153. The van der Waals surface area contributed by atoms with E-state index in [-0.39, 0.29) is 39.0 Å². The van der Waals surface area contributed by atoms with Gasteiger partial charge in [0.25, 0.3) is 10.0 Å². The fraction of sp³-hybridized carbons (Fsp3) is 0.286. The first-order valence-corrected chi connectivity index (χ1v) is 14.8. The molecule has 0 aliphatic rings. The molecule has 7 nitrogen and oxygen atoms in total. The molecule has 0 bridgehead atoms. The number of rotatable bonds is 11. The van der Waals surface area contributed by atoms with Crippen LogP contribution in [0.1, 0.15) is 26.3 Å². The summed E-state index contributed by atoms with van der Waals surface area (Å²) in [5.74, 6) is -0.755. The van der Waals surface area contributed by atoms with Gasteiger partial charge in [0.1, 0.15) is 12.6 Å². The van der Waals surface area contributed by atoms with Gasteiger partial charge in [-0.15, -0.1) is 0 Å². The maximum Gasteiger partial charge on any atom is 0.264 e. The van der Waals surface area contributed by atoms with E-state index in [4.69, 9.17) is 34.8 Å². The van der Waals surface area contributed by atoms with Crippen molar-refractivity contribution in [3.05, 3.63) is 93.4 Å². The average Bonchev–Trinajstić information content (AvgIpc) is 2.91. The van der Waals surface area contributed by atoms with Crippen LogP contribution in [-0.4, -0.2) is 44.3 Å². The summed E-state index contributed by atoms with van der Waals surface area (Å²) in [5, 5.41) is 3.49. The normalized spacial score (nSPS) is 12.2. The first-order chi connectivity index (χ1) is 18.4. The van der Waals surface area contributed by atoms with Crippen molar-refractivity contribution in [1.29, 1.82) is 0 Å². The molecule has 0 saturated heterocycles. The monoisotopic (exact) mass is 609 g/mol. The van der Waals surface area contributed by atoms with E-state index >= 15 is 0 Å². The van der Waals surface area contributed by atoms with Crippen LogP contribution in [0.15, 0.2) is 77.7 Å². The van der Waals surface area contributed by atoms with Gasteiger partial charge in [0.15, 0.2) is 0 Å². The van der Waals surface area contributed by atoms with Crippen LogP contribution in [0.3, 0.4) is 0 Å². The van der Waals surface area contributed by atoms with Gasteiger partial charge in [-0.3, -0.25) is 13.9 Å². The molecule has 2 amide bonds. The van der Waals surface area contributed by atoms with Crippen molar-refractivity contribution in [3.8, 4) is 0 Å². The first-order valence-electron chi connectivity index (χ1n) is 12.2. The Bertz CT molecular complexity index is 1400. The van der Waals surface area contributed by atoms with E-state index < -0.39 is 28.5 Å². The van der Waals surface area contributed by atoms with Gasteiger partial charge in [-0.25, -0.2) is 8.42 Å². The summed E-state index contributed by atoms with van der Waals surface area (Å²) in [4.78, 5) is 28.2. The molecule has 0 radical (unpaired) electrons. The van der Waals surface area contributed by atoms with Crippen LogP contribution in [0.2, 0.25) is 15.1 Å². The molecule has 3 aromatic carbocycles. The molecule has 0 saturated carbocycles. The van der Waals surface area contributed by atoms with Crippen LogP contribution in [0.4, 0.5) is 5.69 Å². The summed E-state index contributed by atoms with van der Waals surface area (Å²) in [7, 11) is -4.24. The van der Waals surface area contributed by atoms with E-state index in [0.29, 0.717) is 11.6 Å². The Balaban J connectivity index is 2.04. The summed E-state index contributed by atoms with van der Waals surface area (Å²) in [6.45, 7) is 5.39. The van der Waals surface area contributed by atoms with Crippen molar-refractivity contribution in [2.45, 2.75) is 38.3 Å². The highest BCUT2D eigenvalue weighted by Crippen LogP contribution is 2.35. The predicted molar refractivity (Wildman–Crippen MR) is 157 cm³/mol. The molecule has 3 aromatic rings. The second kappa shape index (κ2) is 13.5. The number of carbonyl (C=O) groups is 2. The van der Waals surface area contributed by atoms with Crippen molar-refractivity contribution >= 4 is 62.3 Å². The predicted octanol–water partition coefficient (Wildman–Crippen LogP) is 6.03. The number of halogens is 3. The Labute approximate surface area is 244 Å². The molecule has 0 heterocycles. The van der Waals surface area contributed by atoms with Gasteiger partial charge in [0.2, 0.25) is 11.8 Å². The van der Waals surface area contributed by atoms with Crippen LogP contribution in [0.5, 0.6) is 0 Å². The number of hydrogen-bond donors (Lipinski definition) is 1. The van der Waals surface area contributed by atoms with Gasteiger partial charge in [-0.05, 0) is 54.8 Å². The topological polar surface area (TPSA) is 86.8 Å². The molecular weight excluding hydrogens is 581 g/mol. The highest BCUT2D eigenvalue weighted by atomic mass is 35.5. The molecule has 0 aliphatic carbocycles. The Kier molecular flexibility index (Phi) is 10.7. The van der Waals surface area contributed by atoms with Crippen LogP contribution < -0.4 is 9.62 Å². The Hall–Kier alpha value is -2.78. The highest BCUT2D eigenvalue weighted by Gasteiger charge is 2.33. The lowest BCUT2D eigenvalue weighted by atomic mass is 10.1. The molecule has 1 unspecified atom stereocenters. The van der Waals surface area contributed by atoms with E-state index in [0.717, 1.165) is 9.87 Å². The summed E-state index contributed by atoms with van der Waals surface area (Å²) < 4.78 is 28.5. The number of hydrogen-bond acceptors (Lipinski definition) is 4. The molecule has 3 rings (SSSR count). The zero-order valence-electron chi connectivity index (χ0n) is 21.8. The van der Waals surface area contributed by atoms with E-state index in [9.17, 15) is 18.0 Å². The van der Waals surface area contributed by atoms with Crippen LogP contribution >= 0.6 is 34.8 Å². The van der Waals surface area contributed by atoms with Gasteiger partial charge in [0, 0.05) is 18.1 Å². The Morgan fingerprint density at radius 3 is 2.13 bits per heavy atom. The number of nitrogens with one attached hydrogen (secondary N) is 1. The van der Waals surface area contributed by atoms with E-state index in [1.807, 2.05) is 13.8 Å². The minimum Gasteiger partial charge on any atom is -0.354 e. The van der Waals surface area contributed by atoms with Gasteiger partial charge in [0.05, 0.1) is 20.6 Å². The van der Waals surface area contributed by atoms with Crippen LogP contribution in [0, 0.1) is 5.92 Å². The third kappa shape index (κ3) is 7.88. The maximum atomic E-state index is 13.9. The molecule has 0 aromatic heterocycles. The van der Waals surface area contributed by atoms with Crippen molar-refractivity contribution in [2.75, 3.05) is 17.4 Å². The van der Waals surface area contributed by atoms with Gasteiger partial charge >= 0.3 is 0 Å². The fourth-order valence-corrected chi connectivity index (χ4v) is 5.76. The molecule has 1 N–H and O–H groups in total. The quantitative estimate of drug-likeness (QED) is 0.287. The maximum absolute atomic E-state index is 13.9. The molecule has 0 aliphatic heterocycles. The molecule has 208 valence electrons. The van der Waals surface area contributed by atoms with Crippen LogP contribution in [-0.2, 0) is 26.2 Å². The number of amides is 2. The summed E-state index contributed by atoms with van der Waals surface area (Å²) in [6.07, 6.45) is 0. The molecule has 39 heavy (non-hydrogen) atoms. The Morgan fingerprint density at radius 1 is 0.872 bits per heavy atom. The lowest BCUT2D eigenvalue weighted by Gasteiger charge is -2.32. The lowest BCUT2D eigenvalue weighted by molar-refractivity contribution is -0.139. The number of anilines is 1. The SMILES string of the molecule is CC(C)CNC(=O)C(C)N(Cc1ccc(Cl)cc1)C(=O)CN(c1cccc(Cl)c1Cl)S(=O)(=O)c1ccccc1. The van der Waals surface area contributed by atoms with E-state index in [1.165, 1.54) is 29.2 Å². The number of carbonyl (C=O) groups excluding carboxylic acids is 2.